The molecule has 0 aromatic heterocycles. The largest absolute Gasteiger partial charge is 0.354 e. The van der Waals surface area contributed by atoms with E-state index in [1.54, 1.807) is 0 Å². The average molecular weight is 552 g/mol. The molecule has 202 valence electrons. The van der Waals surface area contributed by atoms with Gasteiger partial charge in [-0.25, -0.2) is 17.5 Å². The maximum Gasteiger partial charge on any atom is 0.242 e. The smallest absolute Gasteiger partial charge is 0.242 e. The summed E-state index contributed by atoms with van der Waals surface area (Å²) in [5.41, 5.74) is 2.58. The Morgan fingerprint density at radius 3 is 2.32 bits per heavy atom. The Labute approximate surface area is 223 Å². The van der Waals surface area contributed by atoms with Crippen LogP contribution in [0, 0.1) is 17.7 Å². The van der Waals surface area contributed by atoms with E-state index in [9.17, 15) is 22.4 Å². The summed E-state index contributed by atoms with van der Waals surface area (Å²) in [6.45, 7) is 4.49. The lowest BCUT2D eigenvalue weighted by molar-refractivity contribution is -0.129. The number of fused-ring (bicyclic) bond motifs is 1. The van der Waals surface area contributed by atoms with Gasteiger partial charge in [0.15, 0.2) is 0 Å². The van der Waals surface area contributed by atoms with Crippen molar-refractivity contribution >= 4 is 33.4 Å². The normalized spacial score (nSPS) is 14.4. The summed E-state index contributed by atoms with van der Waals surface area (Å²) < 4.78 is 40.3. The van der Waals surface area contributed by atoms with E-state index >= 15 is 0 Å². The van der Waals surface area contributed by atoms with Gasteiger partial charge in [0.1, 0.15) is 16.8 Å². The molecule has 7 nitrogen and oxygen atoms in total. The van der Waals surface area contributed by atoms with E-state index in [4.69, 9.17) is 11.6 Å². The minimum Gasteiger partial charge on any atom is -0.354 e. The number of carbonyl (C=O) groups excluding carboxylic acids is 2. The lowest BCUT2D eigenvalue weighted by Crippen LogP contribution is -2.48. The van der Waals surface area contributed by atoms with Crippen LogP contribution in [0.15, 0.2) is 47.4 Å². The number of halogens is 2. The SMILES string of the molecule is CC(C)C[C@H](NC(=O)CC1Cc2ccccc2C1)C(=O)NCCCCNS(=O)(=O)c1ccc(F)cc1Cl. The van der Waals surface area contributed by atoms with Gasteiger partial charge >= 0.3 is 0 Å². The van der Waals surface area contributed by atoms with Gasteiger partial charge in [0.05, 0.1) is 5.02 Å². The van der Waals surface area contributed by atoms with E-state index in [-0.39, 0.29) is 40.1 Å². The second-order valence-electron chi connectivity index (χ2n) is 9.97. The Bertz CT molecular complexity index is 1180. The van der Waals surface area contributed by atoms with Crippen molar-refractivity contribution in [3.63, 3.8) is 0 Å². The van der Waals surface area contributed by atoms with Gasteiger partial charge in [-0.05, 0) is 73.3 Å². The standard InChI is InChI=1S/C27H35ClFN3O4S/c1-18(2)13-24(32-26(33)16-19-14-20-7-3-4-8-21(20)15-19)27(34)30-11-5-6-12-31-37(35,36)25-10-9-22(29)17-23(25)28/h3-4,7-10,17-19,24,31H,5-6,11-16H2,1-2H3,(H,30,34)(H,32,33)/t24-/m0/s1. The summed E-state index contributed by atoms with van der Waals surface area (Å²) in [5.74, 6) is -0.508. The first-order valence-corrected chi connectivity index (χ1v) is 14.5. The summed E-state index contributed by atoms with van der Waals surface area (Å²) >= 11 is 5.84. The fraction of sp³-hybridized carbons (Fsp3) is 0.481. The predicted molar refractivity (Wildman–Crippen MR) is 142 cm³/mol. The molecule has 2 aromatic carbocycles. The monoisotopic (exact) mass is 551 g/mol. The van der Waals surface area contributed by atoms with Gasteiger partial charge in [0, 0.05) is 19.5 Å². The van der Waals surface area contributed by atoms with Gasteiger partial charge < -0.3 is 10.6 Å². The van der Waals surface area contributed by atoms with Crippen LogP contribution < -0.4 is 15.4 Å². The van der Waals surface area contributed by atoms with Crippen molar-refractivity contribution < 1.29 is 22.4 Å². The van der Waals surface area contributed by atoms with Crippen molar-refractivity contribution in [3.8, 4) is 0 Å². The van der Waals surface area contributed by atoms with Gasteiger partial charge in [0.2, 0.25) is 21.8 Å². The molecule has 0 saturated heterocycles. The summed E-state index contributed by atoms with van der Waals surface area (Å²) in [6, 6.07) is 10.7. The summed E-state index contributed by atoms with van der Waals surface area (Å²) in [7, 11) is -3.86. The molecular formula is C27H35ClFN3O4S. The first-order chi connectivity index (χ1) is 17.5. The quantitative estimate of drug-likeness (QED) is 0.327. The number of hydrogen-bond donors (Lipinski definition) is 3. The summed E-state index contributed by atoms with van der Waals surface area (Å²) in [5, 5.41) is 5.59. The van der Waals surface area contributed by atoms with Crippen LogP contribution in [0.4, 0.5) is 4.39 Å². The topological polar surface area (TPSA) is 104 Å². The predicted octanol–water partition coefficient (Wildman–Crippen LogP) is 3.99. The number of unbranched alkanes of at least 4 members (excludes halogenated alkanes) is 1. The Kier molecular flexibility index (Phi) is 10.5. The van der Waals surface area contributed by atoms with Crippen LogP contribution in [-0.2, 0) is 32.5 Å². The highest BCUT2D eigenvalue weighted by Crippen LogP contribution is 2.28. The Balaban J connectivity index is 1.40. The Morgan fingerprint density at radius 1 is 1.05 bits per heavy atom. The highest BCUT2D eigenvalue weighted by atomic mass is 35.5. The fourth-order valence-corrected chi connectivity index (χ4v) is 6.18. The molecule has 0 fully saturated rings. The van der Waals surface area contributed by atoms with Crippen LogP contribution in [0.25, 0.3) is 0 Å². The van der Waals surface area contributed by atoms with E-state index < -0.39 is 21.9 Å². The number of amides is 2. The molecule has 0 saturated carbocycles. The third-order valence-corrected chi connectivity index (χ3v) is 8.29. The van der Waals surface area contributed by atoms with Crippen molar-refractivity contribution in [1.82, 2.24) is 15.4 Å². The first-order valence-electron chi connectivity index (χ1n) is 12.6. The second-order valence-corrected chi connectivity index (χ2v) is 12.1. The average Bonchev–Trinajstić information content (AvgIpc) is 3.22. The number of nitrogens with one attached hydrogen (secondary N) is 3. The van der Waals surface area contributed by atoms with Crippen LogP contribution in [-0.4, -0.2) is 39.4 Å². The molecule has 3 N–H and O–H groups in total. The number of rotatable bonds is 13. The molecular weight excluding hydrogens is 517 g/mol. The summed E-state index contributed by atoms with van der Waals surface area (Å²) in [6.07, 6.45) is 3.68. The molecule has 1 aliphatic rings. The zero-order valence-electron chi connectivity index (χ0n) is 21.2. The number of benzene rings is 2. The van der Waals surface area contributed by atoms with Gasteiger partial charge in [-0.15, -0.1) is 0 Å². The van der Waals surface area contributed by atoms with E-state index in [1.807, 2.05) is 26.0 Å². The minimum absolute atomic E-state index is 0.118. The lowest BCUT2D eigenvalue weighted by Gasteiger charge is -2.21. The van der Waals surface area contributed by atoms with Crippen LogP contribution in [0.2, 0.25) is 5.02 Å². The molecule has 1 aliphatic carbocycles. The molecule has 10 heteroatoms. The molecule has 0 spiro atoms. The van der Waals surface area contributed by atoms with Crippen molar-refractivity contribution in [2.75, 3.05) is 13.1 Å². The van der Waals surface area contributed by atoms with E-state index in [2.05, 4.69) is 27.5 Å². The van der Waals surface area contributed by atoms with Crippen LogP contribution >= 0.6 is 11.6 Å². The molecule has 0 bridgehead atoms. The van der Waals surface area contributed by atoms with Gasteiger partial charge in [-0.1, -0.05) is 49.7 Å². The molecule has 0 heterocycles. The zero-order chi connectivity index (χ0) is 27.0. The van der Waals surface area contributed by atoms with E-state index in [0.29, 0.717) is 32.2 Å². The van der Waals surface area contributed by atoms with Crippen molar-refractivity contribution in [2.24, 2.45) is 11.8 Å². The van der Waals surface area contributed by atoms with Gasteiger partial charge in [-0.3, -0.25) is 9.59 Å². The molecule has 0 unspecified atom stereocenters. The van der Waals surface area contributed by atoms with Crippen LogP contribution in [0.5, 0.6) is 0 Å². The molecule has 1 atom stereocenters. The lowest BCUT2D eigenvalue weighted by atomic mass is 9.99. The molecule has 2 amide bonds. The Morgan fingerprint density at radius 2 is 1.70 bits per heavy atom. The van der Waals surface area contributed by atoms with Gasteiger partial charge in [0.25, 0.3) is 0 Å². The highest BCUT2D eigenvalue weighted by Gasteiger charge is 2.26. The molecule has 3 rings (SSSR count). The Hall–Kier alpha value is -2.49. The van der Waals surface area contributed by atoms with E-state index in [1.165, 1.54) is 11.1 Å². The molecule has 0 aliphatic heterocycles. The van der Waals surface area contributed by atoms with E-state index in [0.717, 1.165) is 31.0 Å². The molecule has 0 radical (unpaired) electrons. The zero-order valence-corrected chi connectivity index (χ0v) is 22.8. The number of carbonyl (C=O) groups is 2. The minimum atomic E-state index is -3.86. The van der Waals surface area contributed by atoms with Crippen LogP contribution in [0.3, 0.4) is 0 Å². The second kappa shape index (κ2) is 13.3. The molecule has 37 heavy (non-hydrogen) atoms. The van der Waals surface area contributed by atoms with Crippen molar-refractivity contribution in [2.45, 2.75) is 63.3 Å². The highest BCUT2D eigenvalue weighted by molar-refractivity contribution is 7.89. The first kappa shape index (κ1) is 29.1. The van der Waals surface area contributed by atoms with Crippen molar-refractivity contribution in [3.05, 3.63) is 64.4 Å². The fourth-order valence-electron chi connectivity index (χ4n) is 4.57. The third-order valence-electron chi connectivity index (χ3n) is 6.35. The maximum absolute atomic E-state index is 13.2. The maximum atomic E-state index is 13.2. The van der Waals surface area contributed by atoms with Crippen LogP contribution in [0.1, 0.15) is 50.7 Å². The number of hydrogen-bond acceptors (Lipinski definition) is 4. The van der Waals surface area contributed by atoms with Gasteiger partial charge in [-0.2, -0.15) is 0 Å². The third kappa shape index (κ3) is 8.79. The molecule has 2 aromatic rings. The van der Waals surface area contributed by atoms with Crippen molar-refractivity contribution in [1.29, 1.82) is 0 Å². The number of sulfonamides is 1. The summed E-state index contributed by atoms with van der Waals surface area (Å²) in [4.78, 5) is 25.3.